The average molecular weight is 502 g/mol. The molecule has 4 aromatic rings. The van der Waals surface area contributed by atoms with Crippen LogP contribution in [-0.4, -0.2) is 17.1 Å². The van der Waals surface area contributed by atoms with Crippen LogP contribution in [0.4, 0.5) is 5.69 Å². The van der Waals surface area contributed by atoms with Gasteiger partial charge in [-0.1, -0.05) is 41.9 Å². The summed E-state index contributed by atoms with van der Waals surface area (Å²) in [5.74, 6) is 0.116. The van der Waals surface area contributed by atoms with Gasteiger partial charge in [0, 0.05) is 10.7 Å². The molecular formula is C27H20ClN3O3S. The Morgan fingerprint density at radius 2 is 1.77 bits per heavy atom. The van der Waals surface area contributed by atoms with Gasteiger partial charge in [0.15, 0.2) is 5.57 Å². The lowest BCUT2D eigenvalue weighted by Gasteiger charge is -2.06. The number of carbonyl (C=O) groups is 1. The number of halogens is 1. The number of para-hydroxylation sites is 1. The van der Waals surface area contributed by atoms with Crippen LogP contribution in [0.5, 0.6) is 5.75 Å². The molecule has 0 aliphatic heterocycles. The molecule has 0 fully saturated rings. The van der Waals surface area contributed by atoms with Gasteiger partial charge in [0.25, 0.3) is 11.5 Å². The zero-order valence-electron chi connectivity index (χ0n) is 18.7. The van der Waals surface area contributed by atoms with E-state index in [9.17, 15) is 14.9 Å². The fraction of sp³-hybridized carbons (Fsp3) is 0.0741. The molecule has 174 valence electrons. The molecule has 4 rings (SSSR count). The highest BCUT2D eigenvalue weighted by atomic mass is 35.5. The van der Waals surface area contributed by atoms with Gasteiger partial charge >= 0.3 is 0 Å². The summed E-state index contributed by atoms with van der Waals surface area (Å²) in [5.41, 5.74) is 1.35. The summed E-state index contributed by atoms with van der Waals surface area (Å²) in [6.07, 6.45) is 1.73. The molecule has 0 aliphatic rings. The molecule has 1 aromatic heterocycles. The Kier molecular flexibility index (Phi) is 7.46. The minimum absolute atomic E-state index is 0.169. The van der Waals surface area contributed by atoms with E-state index in [1.54, 1.807) is 54.6 Å². The number of hydrogen-bond acceptors (Lipinski definition) is 5. The van der Waals surface area contributed by atoms with Crippen molar-refractivity contribution in [1.29, 1.82) is 5.26 Å². The van der Waals surface area contributed by atoms with Gasteiger partial charge in [-0.2, -0.15) is 5.26 Å². The van der Waals surface area contributed by atoms with E-state index >= 15 is 0 Å². The molecule has 0 spiro atoms. The van der Waals surface area contributed by atoms with Crippen molar-refractivity contribution in [2.75, 3.05) is 11.9 Å². The van der Waals surface area contributed by atoms with Gasteiger partial charge in [-0.3, -0.25) is 14.2 Å². The maximum absolute atomic E-state index is 13.5. The van der Waals surface area contributed by atoms with Gasteiger partial charge in [-0.05, 0) is 67.1 Å². The Hall–Kier alpha value is -4.12. The number of nitriles is 1. The number of amides is 1. The third-order valence-electron chi connectivity index (χ3n) is 4.98. The van der Waals surface area contributed by atoms with Crippen LogP contribution >= 0.6 is 22.9 Å². The highest BCUT2D eigenvalue weighted by Gasteiger charge is 2.17. The molecule has 0 bridgehead atoms. The third-order valence-corrected chi connectivity index (χ3v) is 6.33. The Labute approximate surface area is 210 Å². The van der Waals surface area contributed by atoms with Crippen LogP contribution in [0.1, 0.15) is 12.5 Å². The van der Waals surface area contributed by atoms with Crippen molar-refractivity contribution in [3.05, 3.63) is 109 Å². The highest BCUT2D eigenvalue weighted by Crippen LogP contribution is 2.15. The quantitative estimate of drug-likeness (QED) is 0.431. The predicted molar refractivity (Wildman–Crippen MR) is 139 cm³/mol. The number of ether oxygens (including phenoxy) is 1. The molecule has 1 heterocycles. The summed E-state index contributed by atoms with van der Waals surface area (Å²) < 4.78 is 7.50. The molecule has 0 saturated heterocycles. The van der Waals surface area contributed by atoms with Crippen LogP contribution in [0, 0.1) is 11.3 Å². The molecule has 0 unspecified atom stereocenters. The molecule has 0 atom stereocenters. The number of rotatable bonds is 6. The minimum Gasteiger partial charge on any atom is -0.494 e. The maximum Gasteiger partial charge on any atom is 0.273 e. The van der Waals surface area contributed by atoms with E-state index in [0.717, 1.165) is 22.6 Å². The van der Waals surface area contributed by atoms with E-state index in [1.807, 2.05) is 43.3 Å². The van der Waals surface area contributed by atoms with E-state index < -0.39 is 5.91 Å². The summed E-state index contributed by atoms with van der Waals surface area (Å²) in [5, 5.41) is 13.1. The van der Waals surface area contributed by atoms with Crippen molar-refractivity contribution < 1.29 is 9.53 Å². The van der Waals surface area contributed by atoms with Gasteiger partial charge in [0.1, 0.15) is 16.5 Å². The lowest BCUT2D eigenvalue weighted by molar-refractivity contribution is -0.111. The van der Waals surface area contributed by atoms with E-state index in [4.69, 9.17) is 16.3 Å². The summed E-state index contributed by atoms with van der Waals surface area (Å²) in [4.78, 5) is 26.5. The topological polar surface area (TPSA) is 84.1 Å². The second-order valence-electron chi connectivity index (χ2n) is 7.34. The Morgan fingerprint density at radius 3 is 2.40 bits per heavy atom. The van der Waals surface area contributed by atoms with E-state index in [1.165, 1.54) is 4.57 Å². The second-order valence-corrected chi connectivity index (χ2v) is 8.81. The summed E-state index contributed by atoms with van der Waals surface area (Å²) in [7, 11) is 0. The second kappa shape index (κ2) is 10.9. The number of hydrogen-bond donors (Lipinski definition) is 1. The molecule has 1 N–H and O–H groups in total. The third kappa shape index (κ3) is 5.52. The molecule has 35 heavy (non-hydrogen) atoms. The monoisotopic (exact) mass is 501 g/mol. The van der Waals surface area contributed by atoms with Gasteiger partial charge < -0.3 is 10.1 Å². The van der Waals surface area contributed by atoms with Crippen molar-refractivity contribution >= 4 is 46.2 Å². The first kappa shape index (κ1) is 24.0. The molecule has 3 aromatic carbocycles. The van der Waals surface area contributed by atoms with Crippen molar-refractivity contribution in [3.8, 4) is 17.5 Å². The van der Waals surface area contributed by atoms with Crippen LogP contribution in [-0.2, 0) is 4.79 Å². The fourth-order valence-corrected chi connectivity index (χ4v) is 4.59. The van der Waals surface area contributed by atoms with Crippen molar-refractivity contribution in [3.63, 3.8) is 0 Å². The molecular weight excluding hydrogens is 482 g/mol. The Bertz CT molecular complexity index is 1570. The van der Waals surface area contributed by atoms with Gasteiger partial charge in [0.05, 0.1) is 16.8 Å². The maximum atomic E-state index is 13.5. The SMILES string of the molecule is CCOc1ccc(/C=c2/s/c(=C(/C#N)C(=O)Nc3ccc(Cl)cc3)n(-c3ccccc3)c2=O)cc1. The molecule has 8 heteroatoms. The van der Waals surface area contributed by atoms with E-state index in [-0.39, 0.29) is 15.8 Å². The number of aromatic nitrogens is 1. The van der Waals surface area contributed by atoms with Gasteiger partial charge in [0.2, 0.25) is 0 Å². The molecule has 0 saturated carbocycles. The molecule has 0 aliphatic carbocycles. The largest absolute Gasteiger partial charge is 0.494 e. The number of nitrogens with zero attached hydrogens (tertiary/aromatic N) is 2. The average Bonchev–Trinajstić information content (AvgIpc) is 3.18. The number of nitrogens with one attached hydrogen (secondary N) is 1. The van der Waals surface area contributed by atoms with E-state index in [2.05, 4.69) is 5.32 Å². The van der Waals surface area contributed by atoms with Crippen LogP contribution in [0.25, 0.3) is 17.3 Å². The molecule has 1 amide bonds. The minimum atomic E-state index is -0.617. The zero-order chi connectivity index (χ0) is 24.8. The van der Waals surface area contributed by atoms with Gasteiger partial charge in [-0.25, -0.2) is 0 Å². The normalized spacial score (nSPS) is 12.1. The highest BCUT2D eigenvalue weighted by molar-refractivity contribution is 7.07. The van der Waals surface area contributed by atoms with Crippen molar-refractivity contribution in [1.82, 2.24) is 4.57 Å². The molecule has 6 nitrogen and oxygen atoms in total. The number of carbonyl (C=O) groups excluding carboxylic acids is 1. The fourth-order valence-electron chi connectivity index (χ4n) is 3.36. The number of benzene rings is 3. The van der Waals surface area contributed by atoms with Gasteiger partial charge in [-0.15, -0.1) is 11.3 Å². The van der Waals surface area contributed by atoms with Crippen LogP contribution < -0.4 is 24.8 Å². The van der Waals surface area contributed by atoms with Crippen LogP contribution in [0.15, 0.2) is 83.7 Å². The first-order chi connectivity index (χ1) is 17.0. The number of anilines is 1. The summed E-state index contributed by atoms with van der Waals surface area (Å²) in [6.45, 7) is 2.47. The smallest absolute Gasteiger partial charge is 0.273 e. The first-order valence-corrected chi connectivity index (χ1v) is 11.9. The molecule has 0 radical (unpaired) electrons. The van der Waals surface area contributed by atoms with Crippen molar-refractivity contribution in [2.24, 2.45) is 0 Å². The van der Waals surface area contributed by atoms with Crippen LogP contribution in [0.3, 0.4) is 0 Å². The standard InChI is InChI=1S/C27H20ClN3O3S/c1-2-34-22-14-8-18(9-15-22)16-24-26(33)31(21-6-4-3-5-7-21)27(35-24)23(17-29)25(32)30-20-12-10-19(28)11-13-20/h3-16H,2H2,1H3,(H,30,32)/b24-16+,27-23-. The summed E-state index contributed by atoms with van der Waals surface area (Å²) in [6, 6.07) is 24.8. The summed E-state index contributed by atoms with van der Waals surface area (Å²) >= 11 is 7.00. The first-order valence-electron chi connectivity index (χ1n) is 10.7. The predicted octanol–water partition coefficient (Wildman–Crippen LogP) is 4.09. The lowest BCUT2D eigenvalue weighted by Crippen LogP contribution is -2.32. The van der Waals surface area contributed by atoms with E-state index in [0.29, 0.717) is 27.5 Å². The Morgan fingerprint density at radius 1 is 1.09 bits per heavy atom. The van der Waals surface area contributed by atoms with Crippen LogP contribution in [0.2, 0.25) is 5.02 Å². The van der Waals surface area contributed by atoms with Crippen molar-refractivity contribution in [2.45, 2.75) is 6.92 Å². The Balaban J connectivity index is 1.88. The number of thiazole rings is 1. The zero-order valence-corrected chi connectivity index (χ0v) is 20.3. The lowest BCUT2D eigenvalue weighted by atomic mass is 10.2.